The third-order valence-corrected chi connectivity index (χ3v) is 4.09. The quantitative estimate of drug-likeness (QED) is 0.616. The van der Waals surface area contributed by atoms with Crippen molar-refractivity contribution in [1.29, 1.82) is 0 Å². The lowest BCUT2D eigenvalue weighted by Crippen LogP contribution is -2.20. The van der Waals surface area contributed by atoms with Crippen molar-refractivity contribution in [2.24, 2.45) is 0 Å². The molecule has 8 nitrogen and oxygen atoms in total. The van der Waals surface area contributed by atoms with E-state index in [1.165, 1.54) is 7.11 Å². The highest BCUT2D eigenvalue weighted by Crippen LogP contribution is 2.29. The van der Waals surface area contributed by atoms with E-state index in [9.17, 15) is 4.79 Å². The topological polar surface area (TPSA) is 95.7 Å². The van der Waals surface area contributed by atoms with Gasteiger partial charge < -0.3 is 24.1 Å². The third-order valence-electron chi connectivity index (χ3n) is 4.09. The molecule has 0 aliphatic carbocycles. The van der Waals surface area contributed by atoms with Crippen LogP contribution in [0.3, 0.4) is 0 Å². The third kappa shape index (κ3) is 5.04. The minimum absolute atomic E-state index is 0.167. The number of amides is 1. The molecule has 0 radical (unpaired) electrons. The molecule has 3 rings (SSSR count). The van der Waals surface area contributed by atoms with Gasteiger partial charge in [-0.3, -0.25) is 4.79 Å². The maximum atomic E-state index is 12.3. The molecule has 3 aromatic rings. The maximum absolute atomic E-state index is 12.3. The average Bonchev–Trinajstić information content (AvgIpc) is 3.23. The van der Waals surface area contributed by atoms with Crippen LogP contribution in [-0.2, 0) is 4.79 Å². The number of aromatic nitrogens is 2. The second-order valence-corrected chi connectivity index (χ2v) is 6.54. The Hall–Kier alpha value is -3.55. The van der Waals surface area contributed by atoms with Gasteiger partial charge in [-0.15, -0.1) is 0 Å². The molecule has 0 unspecified atom stereocenters. The molecular weight excluding hydrogens is 374 g/mol. The van der Waals surface area contributed by atoms with Crippen molar-refractivity contribution in [3.05, 3.63) is 48.3 Å². The summed E-state index contributed by atoms with van der Waals surface area (Å²) in [5.74, 6) is 2.55. The van der Waals surface area contributed by atoms with Gasteiger partial charge in [0.15, 0.2) is 12.4 Å². The molecule has 1 amide bonds. The van der Waals surface area contributed by atoms with Crippen LogP contribution in [0.25, 0.3) is 11.5 Å². The second kappa shape index (κ2) is 9.09. The normalized spacial score (nSPS) is 10.7. The van der Waals surface area contributed by atoms with Crippen molar-refractivity contribution in [2.45, 2.75) is 19.8 Å². The number of nitrogens with zero attached hydrogens (tertiary/aromatic N) is 2. The van der Waals surface area contributed by atoms with E-state index in [1.54, 1.807) is 43.5 Å². The molecule has 1 heterocycles. The lowest BCUT2D eigenvalue weighted by atomic mass is 10.2. The van der Waals surface area contributed by atoms with Crippen molar-refractivity contribution in [2.75, 3.05) is 26.1 Å². The van der Waals surface area contributed by atoms with Crippen LogP contribution in [0.1, 0.15) is 25.6 Å². The Morgan fingerprint density at radius 3 is 2.62 bits per heavy atom. The van der Waals surface area contributed by atoms with Gasteiger partial charge in [0.1, 0.15) is 17.2 Å². The first-order valence-electron chi connectivity index (χ1n) is 9.09. The summed E-state index contributed by atoms with van der Waals surface area (Å²) >= 11 is 0. The Balaban J connectivity index is 1.63. The van der Waals surface area contributed by atoms with Gasteiger partial charge in [-0.2, -0.15) is 4.98 Å². The molecule has 0 aliphatic heterocycles. The summed E-state index contributed by atoms with van der Waals surface area (Å²) in [6, 6.07) is 12.3. The monoisotopic (exact) mass is 397 g/mol. The Bertz CT molecular complexity index is 984. The van der Waals surface area contributed by atoms with Gasteiger partial charge in [-0.1, -0.05) is 25.1 Å². The minimum Gasteiger partial charge on any atom is -0.497 e. The summed E-state index contributed by atoms with van der Waals surface area (Å²) in [6.07, 6.45) is 0. The summed E-state index contributed by atoms with van der Waals surface area (Å²) in [4.78, 5) is 16.6. The van der Waals surface area contributed by atoms with Crippen LogP contribution in [0.5, 0.6) is 17.2 Å². The minimum atomic E-state index is -0.321. The highest BCUT2D eigenvalue weighted by molar-refractivity contribution is 5.93. The van der Waals surface area contributed by atoms with E-state index in [0.29, 0.717) is 34.7 Å². The SMILES string of the molecule is COc1ccc(NC(=O)COc2cccc(-c3nc(C(C)C)no3)c2)c(OC)c1. The van der Waals surface area contributed by atoms with Gasteiger partial charge in [-0.25, -0.2) is 0 Å². The van der Waals surface area contributed by atoms with Crippen molar-refractivity contribution >= 4 is 11.6 Å². The van der Waals surface area contributed by atoms with Crippen molar-refractivity contribution in [1.82, 2.24) is 10.1 Å². The molecule has 0 bridgehead atoms. The van der Waals surface area contributed by atoms with Crippen molar-refractivity contribution in [3.63, 3.8) is 0 Å². The van der Waals surface area contributed by atoms with Crippen LogP contribution in [0.2, 0.25) is 0 Å². The highest BCUT2D eigenvalue weighted by Gasteiger charge is 2.13. The second-order valence-electron chi connectivity index (χ2n) is 6.54. The van der Waals surface area contributed by atoms with Crippen LogP contribution in [-0.4, -0.2) is 36.9 Å². The van der Waals surface area contributed by atoms with Gasteiger partial charge in [0.25, 0.3) is 11.8 Å². The Kier molecular flexibility index (Phi) is 6.33. The Morgan fingerprint density at radius 1 is 1.10 bits per heavy atom. The molecule has 1 aromatic heterocycles. The first-order chi connectivity index (χ1) is 14.0. The van der Waals surface area contributed by atoms with E-state index in [4.69, 9.17) is 18.7 Å². The standard InChI is InChI=1S/C21H23N3O5/c1-13(2)20-23-21(29-24-20)14-6-5-7-16(10-14)28-12-19(25)22-17-9-8-15(26-3)11-18(17)27-4/h5-11,13H,12H2,1-4H3,(H,22,25). The number of hydrogen-bond donors (Lipinski definition) is 1. The fraction of sp³-hybridized carbons (Fsp3) is 0.286. The van der Waals surface area contributed by atoms with Gasteiger partial charge in [0.2, 0.25) is 0 Å². The number of carbonyl (C=O) groups is 1. The molecule has 0 spiro atoms. The van der Waals surface area contributed by atoms with Crippen molar-refractivity contribution in [3.8, 4) is 28.7 Å². The van der Waals surface area contributed by atoms with Crippen molar-refractivity contribution < 1.29 is 23.5 Å². The number of nitrogens with one attached hydrogen (secondary N) is 1. The van der Waals surface area contributed by atoms with E-state index < -0.39 is 0 Å². The predicted molar refractivity (Wildman–Crippen MR) is 107 cm³/mol. The summed E-state index contributed by atoms with van der Waals surface area (Å²) in [5.41, 5.74) is 1.25. The number of hydrogen-bond acceptors (Lipinski definition) is 7. The predicted octanol–water partition coefficient (Wildman–Crippen LogP) is 3.89. The largest absolute Gasteiger partial charge is 0.497 e. The number of methoxy groups -OCH3 is 2. The first kappa shape index (κ1) is 20.2. The van der Waals surface area contributed by atoms with Crippen LogP contribution in [0, 0.1) is 0 Å². The number of benzene rings is 2. The molecular formula is C21H23N3O5. The Labute approximate surface area is 168 Å². The lowest BCUT2D eigenvalue weighted by molar-refractivity contribution is -0.118. The first-order valence-corrected chi connectivity index (χ1v) is 9.09. The molecule has 2 aromatic carbocycles. The van der Waals surface area contributed by atoms with Crippen LogP contribution < -0.4 is 19.5 Å². The highest BCUT2D eigenvalue weighted by atomic mass is 16.5. The molecule has 0 atom stereocenters. The molecule has 0 fully saturated rings. The molecule has 0 aliphatic rings. The summed E-state index contributed by atoms with van der Waals surface area (Å²) in [7, 11) is 3.08. The van der Waals surface area contributed by atoms with Gasteiger partial charge in [0.05, 0.1) is 19.9 Å². The summed E-state index contributed by atoms with van der Waals surface area (Å²) < 4.78 is 21.3. The lowest BCUT2D eigenvalue weighted by Gasteiger charge is -2.12. The smallest absolute Gasteiger partial charge is 0.262 e. The fourth-order valence-electron chi connectivity index (χ4n) is 2.54. The number of ether oxygens (including phenoxy) is 3. The molecule has 8 heteroatoms. The van der Waals surface area contributed by atoms with Gasteiger partial charge in [0, 0.05) is 17.5 Å². The number of anilines is 1. The van der Waals surface area contributed by atoms with E-state index in [0.717, 1.165) is 5.56 Å². The van der Waals surface area contributed by atoms with E-state index >= 15 is 0 Å². The fourth-order valence-corrected chi connectivity index (χ4v) is 2.54. The molecule has 152 valence electrons. The zero-order chi connectivity index (χ0) is 20.8. The zero-order valence-electron chi connectivity index (χ0n) is 16.8. The molecule has 0 saturated carbocycles. The number of rotatable bonds is 8. The van der Waals surface area contributed by atoms with E-state index in [2.05, 4.69) is 15.5 Å². The molecule has 0 saturated heterocycles. The Morgan fingerprint density at radius 2 is 1.93 bits per heavy atom. The summed E-state index contributed by atoms with van der Waals surface area (Å²) in [5, 5.41) is 6.72. The molecule has 29 heavy (non-hydrogen) atoms. The van der Waals surface area contributed by atoms with E-state index in [1.807, 2.05) is 19.9 Å². The summed E-state index contributed by atoms with van der Waals surface area (Å²) in [6.45, 7) is 3.81. The van der Waals surface area contributed by atoms with Crippen LogP contribution in [0.15, 0.2) is 47.0 Å². The average molecular weight is 397 g/mol. The van der Waals surface area contributed by atoms with Gasteiger partial charge in [-0.05, 0) is 30.3 Å². The van der Waals surface area contributed by atoms with E-state index in [-0.39, 0.29) is 18.4 Å². The van der Waals surface area contributed by atoms with Gasteiger partial charge >= 0.3 is 0 Å². The van der Waals surface area contributed by atoms with Crippen LogP contribution in [0.4, 0.5) is 5.69 Å². The molecule has 1 N–H and O–H groups in total. The maximum Gasteiger partial charge on any atom is 0.262 e. The zero-order valence-corrected chi connectivity index (χ0v) is 16.8. The van der Waals surface area contributed by atoms with Crippen LogP contribution >= 0.6 is 0 Å². The number of carbonyl (C=O) groups excluding carboxylic acids is 1.